The summed E-state index contributed by atoms with van der Waals surface area (Å²) in [5.41, 5.74) is -3.81. The Morgan fingerprint density at radius 3 is 2.38 bits per heavy atom. The summed E-state index contributed by atoms with van der Waals surface area (Å²) < 4.78 is 41.3. The summed E-state index contributed by atoms with van der Waals surface area (Å²) in [6.45, 7) is 0.498. The van der Waals surface area contributed by atoms with Crippen molar-refractivity contribution in [2.75, 3.05) is 6.54 Å². The number of carbonyl (C=O) groups excluding carboxylic acids is 3. The average molecular weight is 479 g/mol. The zero-order valence-corrected chi connectivity index (χ0v) is 18.6. The summed E-state index contributed by atoms with van der Waals surface area (Å²) in [4.78, 5) is 37.4. The number of alkyl halides is 3. The first-order valence-corrected chi connectivity index (χ1v) is 11.4. The van der Waals surface area contributed by atoms with E-state index in [1.165, 1.54) is 18.2 Å². The molecule has 1 saturated heterocycles. The van der Waals surface area contributed by atoms with Crippen LogP contribution in [-0.2, 0) is 20.0 Å². The number of nitrogens with zero attached hydrogens (tertiary/aromatic N) is 1. The Morgan fingerprint density at radius 2 is 1.85 bits per heavy atom. The van der Waals surface area contributed by atoms with Crippen molar-refractivity contribution in [3.8, 4) is 6.07 Å². The van der Waals surface area contributed by atoms with Crippen LogP contribution in [0.25, 0.3) is 0 Å². The number of rotatable bonds is 11. The molecular formula is C24H28F3N3O4. The van der Waals surface area contributed by atoms with Crippen LogP contribution in [0.4, 0.5) is 13.2 Å². The van der Waals surface area contributed by atoms with E-state index in [9.17, 15) is 37.9 Å². The molecule has 1 aromatic rings. The minimum Gasteiger partial charge on any atom is -0.376 e. The van der Waals surface area contributed by atoms with Gasteiger partial charge in [0.15, 0.2) is 5.60 Å². The van der Waals surface area contributed by atoms with Gasteiger partial charge in [-0.25, -0.2) is 0 Å². The van der Waals surface area contributed by atoms with Crippen molar-refractivity contribution >= 4 is 17.6 Å². The third kappa shape index (κ3) is 6.35. The lowest BCUT2D eigenvalue weighted by Crippen LogP contribution is -2.45. The molecule has 34 heavy (non-hydrogen) atoms. The molecule has 7 nitrogen and oxygen atoms in total. The van der Waals surface area contributed by atoms with Crippen LogP contribution in [0.5, 0.6) is 0 Å². The predicted molar refractivity (Wildman–Crippen MR) is 115 cm³/mol. The second-order valence-corrected chi connectivity index (χ2v) is 9.22. The van der Waals surface area contributed by atoms with Gasteiger partial charge in [-0.1, -0.05) is 43.2 Å². The monoisotopic (exact) mass is 479 g/mol. The van der Waals surface area contributed by atoms with Crippen LogP contribution in [0.1, 0.15) is 50.5 Å². The number of halogens is 3. The summed E-state index contributed by atoms with van der Waals surface area (Å²) in [6, 6.07) is 7.39. The van der Waals surface area contributed by atoms with E-state index in [0.29, 0.717) is 19.4 Å². The highest BCUT2D eigenvalue weighted by Crippen LogP contribution is 2.43. The van der Waals surface area contributed by atoms with Gasteiger partial charge in [0.1, 0.15) is 11.8 Å². The molecule has 1 heterocycles. The number of carbonyl (C=O) groups is 3. The third-order valence-corrected chi connectivity index (χ3v) is 6.49. The Morgan fingerprint density at radius 1 is 1.18 bits per heavy atom. The van der Waals surface area contributed by atoms with Gasteiger partial charge in [0.2, 0.25) is 11.8 Å². The zero-order chi connectivity index (χ0) is 24.9. The van der Waals surface area contributed by atoms with Crippen LogP contribution in [0.15, 0.2) is 30.3 Å². The van der Waals surface area contributed by atoms with Crippen LogP contribution in [0.2, 0.25) is 0 Å². The van der Waals surface area contributed by atoms with Gasteiger partial charge < -0.3 is 15.7 Å². The number of aliphatic hydroxyl groups is 1. The molecular weight excluding hydrogens is 451 g/mol. The van der Waals surface area contributed by atoms with E-state index < -0.39 is 59.8 Å². The van der Waals surface area contributed by atoms with Crippen LogP contribution in [0.3, 0.4) is 0 Å². The van der Waals surface area contributed by atoms with Crippen LogP contribution >= 0.6 is 0 Å². The number of Topliss-reactive ketones (excluding diaryl/α,β-unsaturated/α-hetero) is 1. The summed E-state index contributed by atoms with van der Waals surface area (Å²) in [7, 11) is 0. The quantitative estimate of drug-likeness (QED) is 0.451. The first-order valence-electron chi connectivity index (χ1n) is 11.4. The Kier molecular flexibility index (Phi) is 7.97. The molecule has 1 unspecified atom stereocenters. The lowest BCUT2D eigenvalue weighted by atomic mass is 9.84. The summed E-state index contributed by atoms with van der Waals surface area (Å²) >= 11 is 0. The molecule has 184 valence electrons. The van der Waals surface area contributed by atoms with Gasteiger partial charge in [0, 0.05) is 31.2 Å². The molecule has 1 aliphatic carbocycles. The van der Waals surface area contributed by atoms with E-state index in [0.717, 1.165) is 25.0 Å². The van der Waals surface area contributed by atoms with E-state index in [1.54, 1.807) is 0 Å². The second kappa shape index (κ2) is 10.6. The zero-order valence-electron chi connectivity index (χ0n) is 18.6. The van der Waals surface area contributed by atoms with Gasteiger partial charge in [0.05, 0.1) is 6.07 Å². The standard InChI is InChI=1S/C24H28F3N3O4/c25-24(26,27)23(34,18-4-2-1-3-5-18)13-20(31)12-17(10-15-6-7-15)22(33)30-19(14-28)11-16-8-9-29-21(16)32/h1-5,15-17,19,34H,6-13H2,(H,29,32)(H,30,33)/t16-,17+,19-,23?/m0/s1. The van der Waals surface area contributed by atoms with Gasteiger partial charge in [-0.05, 0) is 30.7 Å². The number of nitrogens with one attached hydrogen (secondary N) is 2. The van der Waals surface area contributed by atoms with Crippen LogP contribution < -0.4 is 10.6 Å². The topological polar surface area (TPSA) is 119 Å². The van der Waals surface area contributed by atoms with E-state index in [2.05, 4.69) is 10.6 Å². The number of ketones is 1. The molecule has 1 saturated carbocycles. The molecule has 10 heteroatoms. The minimum atomic E-state index is -5.09. The number of hydrogen-bond donors (Lipinski definition) is 3. The van der Waals surface area contributed by atoms with Crippen molar-refractivity contribution in [1.29, 1.82) is 5.26 Å². The maximum Gasteiger partial charge on any atom is 0.421 e. The lowest BCUT2D eigenvalue weighted by Gasteiger charge is -2.31. The Hall–Kier alpha value is -2.93. The fourth-order valence-electron chi connectivity index (χ4n) is 4.34. The fourth-order valence-corrected chi connectivity index (χ4v) is 4.34. The first-order chi connectivity index (χ1) is 16.0. The molecule has 0 aromatic heterocycles. The first kappa shape index (κ1) is 25.7. The molecule has 4 atom stereocenters. The Bertz CT molecular complexity index is 943. The average Bonchev–Trinajstić information content (AvgIpc) is 3.52. The van der Waals surface area contributed by atoms with Crippen molar-refractivity contribution in [2.45, 2.75) is 62.8 Å². The summed E-state index contributed by atoms with van der Waals surface area (Å²) in [5, 5.41) is 25.1. The lowest BCUT2D eigenvalue weighted by molar-refractivity contribution is -0.267. The van der Waals surface area contributed by atoms with E-state index >= 15 is 0 Å². The van der Waals surface area contributed by atoms with Gasteiger partial charge in [-0.3, -0.25) is 14.4 Å². The summed E-state index contributed by atoms with van der Waals surface area (Å²) in [6.07, 6.45) is -4.07. The van der Waals surface area contributed by atoms with Crippen molar-refractivity contribution in [2.24, 2.45) is 17.8 Å². The van der Waals surface area contributed by atoms with Crippen LogP contribution in [-0.4, -0.2) is 41.5 Å². The van der Waals surface area contributed by atoms with E-state index in [4.69, 9.17) is 0 Å². The van der Waals surface area contributed by atoms with Crippen molar-refractivity contribution in [3.63, 3.8) is 0 Å². The molecule has 0 bridgehead atoms. The molecule has 1 aliphatic heterocycles. The molecule has 2 fully saturated rings. The molecule has 1 aromatic carbocycles. The predicted octanol–water partition coefficient (Wildman–Crippen LogP) is 2.74. The van der Waals surface area contributed by atoms with E-state index in [-0.39, 0.29) is 18.2 Å². The molecule has 0 spiro atoms. The normalized spacial score (nSPS) is 21.6. The molecule has 2 aliphatic rings. The maximum atomic E-state index is 13.8. The highest BCUT2D eigenvalue weighted by Gasteiger charge is 2.56. The van der Waals surface area contributed by atoms with Crippen molar-refractivity contribution < 1.29 is 32.7 Å². The highest BCUT2D eigenvalue weighted by atomic mass is 19.4. The maximum absolute atomic E-state index is 13.8. The second-order valence-electron chi connectivity index (χ2n) is 9.22. The third-order valence-electron chi connectivity index (χ3n) is 6.49. The molecule has 2 amide bonds. The van der Waals surface area contributed by atoms with E-state index in [1.807, 2.05) is 6.07 Å². The fraction of sp³-hybridized carbons (Fsp3) is 0.583. The van der Waals surface area contributed by atoms with Crippen molar-refractivity contribution in [1.82, 2.24) is 10.6 Å². The largest absolute Gasteiger partial charge is 0.421 e. The SMILES string of the molecule is N#C[C@H](C[C@@H]1CCNC1=O)NC(=O)[C@@H](CC(=O)CC(O)(c1ccccc1)C(F)(F)F)CC1CC1. The van der Waals surface area contributed by atoms with Crippen LogP contribution in [0, 0.1) is 29.1 Å². The smallest absolute Gasteiger partial charge is 0.376 e. The van der Waals surface area contributed by atoms with Gasteiger partial charge in [0.25, 0.3) is 0 Å². The van der Waals surface area contributed by atoms with Gasteiger partial charge >= 0.3 is 6.18 Å². The highest BCUT2D eigenvalue weighted by molar-refractivity contribution is 5.88. The number of benzene rings is 1. The van der Waals surface area contributed by atoms with Gasteiger partial charge in [-0.15, -0.1) is 0 Å². The van der Waals surface area contributed by atoms with Crippen molar-refractivity contribution in [3.05, 3.63) is 35.9 Å². The molecule has 3 rings (SSSR count). The van der Waals surface area contributed by atoms with Gasteiger partial charge in [-0.2, -0.15) is 18.4 Å². The Balaban J connectivity index is 1.68. The molecule has 0 radical (unpaired) electrons. The number of hydrogen-bond acceptors (Lipinski definition) is 5. The minimum absolute atomic E-state index is 0.125. The Labute approximate surface area is 195 Å². The number of amides is 2. The molecule has 3 N–H and O–H groups in total. The summed E-state index contributed by atoms with van der Waals surface area (Å²) in [5.74, 6) is -2.80. The number of nitriles is 1.